The van der Waals surface area contributed by atoms with Crippen molar-refractivity contribution in [2.24, 2.45) is 5.10 Å². The van der Waals surface area contributed by atoms with Crippen LogP contribution in [-0.2, 0) is 0 Å². The number of nitrogens with zero attached hydrogens (tertiary/aromatic N) is 2. The van der Waals surface area contributed by atoms with Crippen molar-refractivity contribution >= 4 is 47.1 Å². The van der Waals surface area contributed by atoms with Crippen LogP contribution in [0.25, 0.3) is 0 Å². The Morgan fingerprint density at radius 2 is 1.80 bits per heavy atom. The highest BCUT2D eigenvalue weighted by atomic mass is 35.5. The Balaban J connectivity index is 1.71. The van der Waals surface area contributed by atoms with Crippen molar-refractivity contribution in [3.05, 3.63) is 57.6 Å². The van der Waals surface area contributed by atoms with E-state index >= 15 is 0 Å². The predicted molar refractivity (Wildman–Crippen MR) is 109 cm³/mol. The summed E-state index contributed by atoms with van der Waals surface area (Å²) >= 11 is 13.9. The van der Waals surface area contributed by atoms with Gasteiger partial charge in [-0.05, 0) is 31.2 Å². The molecule has 0 radical (unpaired) electrons. The van der Waals surface area contributed by atoms with Crippen molar-refractivity contribution in [2.45, 2.75) is 11.8 Å². The molecule has 7 heteroatoms. The first-order valence-electron chi connectivity index (χ1n) is 8.10. The number of halogens is 2. The molecule has 1 saturated heterocycles. The highest BCUT2D eigenvalue weighted by Gasteiger charge is 2.15. The van der Waals surface area contributed by atoms with Gasteiger partial charge in [-0.2, -0.15) is 5.10 Å². The second kappa shape index (κ2) is 8.81. The summed E-state index contributed by atoms with van der Waals surface area (Å²) in [5.74, 6) is 0. The minimum atomic E-state index is 0.535. The third-order valence-corrected chi connectivity index (χ3v) is 5.39. The van der Waals surface area contributed by atoms with E-state index in [0.29, 0.717) is 10.0 Å². The maximum absolute atomic E-state index is 6.22. The lowest BCUT2D eigenvalue weighted by Crippen LogP contribution is -2.43. The van der Waals surface area contributed by atoms with Gasteiger partial charge in [0.1, 0.15) is 0 Å². The molecule has 0 atom stereocenters. The fraction of sp³-hybridized carbons (Fsp3) is 0.278. The predicted octanol–water partition coefficient (Wildman–Crippen LogP) is 4.34. The molecule has 1 aliphatic rings. The SMILES string of the molecule is Cc1ccc(SN/N=C/c2cc(Cl)c(Cl)cc2N2CCNCC2)cc1. The third-order valence-electron chi connectivity index (χ3n) is 3.97. The molecule has 132 valence electrons. The number of benzene rings is 2. The summed E-state index contributed by atoms with van der Waals surface area (Å²) in [6.45, 7) is 5.85. The van der Waals surface area contributed by atoms with Gasteiger partial charge < -0.3 is 10.2 Å². The summed E-state index contributed by atoms with van der Waals surface area (Å²) in [4.78, 5) is 6.42. The molecule has 2 aromatic carbocycles. The van der Waals surface area contributed by atoms with Crippen LogP contribution in [0.4, 0.5) is 5.69 Å². The first-order chi connectivity index (χ1) is 12.1. The van der Waals surface area contributed by atoms with Crippen molar-refractivity contribution in [1.82, 2.24) is 10.1 Å². The van der Waals surface area contributed by atoms with E-state index in [0.717, 1.165) is 42.3 Å². The van der Waals surface area contributed by atoms with Crippen LogP contribution in [0, 0.1) is 6.92 Å². The van der Waals surface area contributed by atoms with Crippen LogP contribution in [0.5, 0.6) is 0 Å². The van der Waals surface area contributed by atoms with E-state index in [2.05, 4.69) is 51.3 Å². The Bertz CT molecular complexity index is 743. The number of rotatable bonds is 5. The molecule has 1 fully saturated rings. The number of hydrogen-bond acceptors (Lipinski definition) is 5. The van der Waals surface area contributed by atoms with Gasteiger partial charge in [0.25, 0.3) is 0 Å². The van der Waals surface area contributed by atoms with E-state index in [1.807, 2.05) is 12.1 Å². The van der Waals surface area contributed by atoms with Crippen molar-refractivity contribution in [2.75, 3.05) is 31.1 Å². The molecule has 0 unspecified atom stereocenters. The normalized spacial score (nSPS) is 14.9. The molecule has 4 nitrogen and oxygen atoms in total. The first kappa shape index (κ1) is 18.4. The number of piperazine rings is 1. The lowest BCUT2D eigenvalue weighted by molar-refractivity contribution is 0.589. The van der Waals surface area contributed by atoms with Crippen molar-refractivity contribution in [1.29, 1.82) is 0 Å². The summed E-state index contributed by atoms with van der Waals surface area (Å²) < 4.78 is 0. The fourth-order valence-electron chi connectivity index (χ4n) is 2.62. The number of hydrazone groups is 1. The zero-order valence-electron chi connectivity index (χ0n) is 13.9. The summed E-state index contributed by atoms with van der Waals surface area (Å²) in [6.07, 6.45) is 1.79. The molecule has 1 heterocycles. The molecule has 3 rings (SSSR count). The van der Waals surface area contributed by atoms with Crippen LogP contribution < -0.4 is 15.0 Å². The average molecular weight is 395 g/mol. The van der Waals surface area contributed by atoms with Crippen LogP contribution in [-0.4, -0.2) is 32.4 Å². The molecule has 2 aromatic rings. The van der Waals surface area contributed by atoms with Crippen molar-refractivity contribution in [3.8, 4) is 0 Å². The molecule has 0 aromatic heterocycles. The smallest absolute Gasteiger partial charge is 0.0613 e. The highest BCUT2D eigenvalue weighted by Crippen LogP contribution is 2.31. The quantitative estimate of drug-likeness (QED) is 0.449. The van der Waals surface area contributed by atoms with E-state index in [1.54, 1.807) is 6.21 Å². The largest absolute Gasteiger partial charge is 0.368 e. The third kappa shape index (κ3) is 5.05. The molecule has 0 spiro atoms. The standard InChI is InChI=1S/C18H20Cl2N4S/c1-13-2-4-15(5-3-13)25-23-22-12-14-10-16(19)17(20)11-18(14)24-8-6-21-7-9-24/h2-5,10-12,21,23H,6-9H2,1H3/b22-12+. The summed E-state index contributed by atoms with van der Waals surface area (Å²) in [7, 11) is 0. The Morgan fingerprint density at radius 1 is 1.12 bits per heavy atom. The Morgan fingerprint density at radius 3 is 2.52 bits per heavy atom. The Hall–Kier alpha value is -1.40. The molecule has 0 amide bonds. The zero-order valence-corrected chi connectivity index (χ0v) is 16.3. The molecule has 0 saturated carbocycles. The molecule has 0 bridgehead atoms. The fourth-order valence-corrected chi connectivity index (χ4v) is 3.43. The van der Waals surface area contributed by atoms with Crippen LogP contribution >= 0.6 is 35.1 Å². The van der Waals surface area contributed by atoms with Crippen LogP contribution in [0.15, 0.2) is 46.4 Å². The Labute approximate surface area is 162 Å². The maximum Gasteiger partial charge on any atom is 0.0613 e. The lowest BCUT2D eigenvalue weighted by atomic mass is 10.1. The monoisotopic (exact) mass is 394 g/mol. The van der Waals surface area contributed by atoms with Crippen LogP contribution in [0.2, 0.25) is 10.0 Å². The van der Waals surface area contributed by atoms with E-state index in [1.165, 1.54) is 17.5 Å². The number of anilines is 1. The van der Waals surface area contributed by atoms with Gasteiger partial charge in [-0.3, -0.25) is 0 Å². The molecule has 25 heavy (non-hydrogen) atoms. The van der Waals surface area contributed by atoms with E-state index < -0.39 is 0 Å². The maximum atomic E-state index is 6.22. The van der Waals surface area contributed by atoms with Gasteiger partial charge in [0.15, 0.2) is 0 Å². The van der Waals surface area contributed by atoms with E-state index in [-0.39, 0.29) is 0 Å². The first-order valence-corrected chi connectivity index (χ1v) is 9.67. The second-order valence-electron chi connectivity index (χ2n) is 5.83. The van der Waals surface area contributed by atoms with Crippen molar-refractivity contribution in [3.63, 3.8) is 0 Å². The van der Waals surface area contributed by atoms with Crippen molar-refractivity contribution < 1.29 is 0 Å². The molecule has 1 aliphatic heterocycles. The second-order valence-corrected chi connectivity index (χ2v) is 7.50. The molecule has 0 aliphatic carbocycles. The number of nitrogens with one attached hydrogen (secondary N) is 2. The summed E-state index contributed by atoms with van der Waals surface area (Å²) in [5, 5.41) is 8.78. The van der Waals surface area contributed by atoms with Gasteiger partial charge in [0.05, 0.1) is 16.3 Å². The highest BCUT2D eigenvalue weighted by molar-refractivity contribution is 7.97. The lowest BCUT2D eigenvalue weighted by Gasteiger charge is -2.30. The van der Waals surface area contributed by atoms with Gasteiger partial charge in [0.2, 0.25) is 0 Å². The van der Waals surface area contributed by atoms with Gasteiger partial charge in [-0.1, -0.05) is 40.9 Å². The van der Waals surface area contributed by atoms with E-state index in [9.17, 15) is 0 Å². The zero-order chi connectivity index (χ0) is 17.6. The van der Waals surface area contributed by atoms with Gasteiger partial charge in [-0.25, -0.2) is 4.83 Å². The van der Waals surface area contributed by atoms with Crippen LogP contribution in [0.3, 0.4) is 0 Å². The molecule has 2 N–H and O–H groups in total. The average Bonchev–Trinajstić information content (AvgIpc) is 2.63. The van der Waals surface area contributed by atoms with E-state index in [4.69, 9.17) is 23.2 Å². The Kier molecular flexibility index (Phi) is 6.48. The minimum absolute atomic E-state index is 0.535. The minimum Gasteiger partial charge on any atom is -0.368 e. The molecular weight excluding hydrogens is 375 g/mol. The number of hydrogen-bond donors (Lipinski definition) is 2. The van der Waals surface area contributed by atoms with Crippen LogP contribution in [0.1, 0.15) is 11.1 Å². The molecular formula is C18H20Cl2N4S. The van der Waals surface area contributed by atoms with Gasteiger partial charge in [0, 0.05) is 54.3 Å². The summed E-state index contributed by atoms with van der Waals surface area (Å²) in [6, 6.07) is 12.1. The van der Waals surface area contributed by atoms with Gasteiger partial charge in [-0.15, -0.1) is 0 Å². The summed E-state index contributed by atoms with van der Waals surface area (Å²) in [5.41, 5.74) is 3.25. The number of aryl methyl sites for hydroxylation is 1. The topological polar surface area (TPSA) is 39.7 Å². The van der Waals surface area contributed by atoms with Gasteiger partial charge >= 0.3 is 0 Å².